The monoisotopic (exact) mass is 437 g/mol. The second-order valence-electron chi connectivity index (χ2n) is 7.61. The number of fused-ring (bicyclic) bond motifs is 1. The Bertz CT molecular complexity index is 1160. The molecule has 0 saturated carbocycles. The fourth-order valence-corrected chi connectivity index (χ4v) is 4.69. The van der Waals surface area contributed by atoms with Gasteiger partial charge in [0.25, 0.3) is 5.91 Å². The smallest absolute Gasteiger partial charge is 0.283 e. The average Bonchev–Trinajstić information content (AvgIpc) is 3.25. The minimum absolute atomic E-state index is 0.0311. The van der Waals surface area contributed by atoms with Crippen molar-refractivity contribution in [1.82, 2.24) is 9.58 Å². The van der Waals surface area contributed by atoms with Crippen molar-refractivity contribution in [2.24, 2.45) is 10.1 Å². The standard InChI is InChI=1S/C23H24FN5OS/c1-4-5-6-10-20-27-29-21(25)19(22(30)26-23(29)31-20)12-16-11-14(2)28(15(16)3)18-9-7-8-17(24)13-18/h7-9,11-13,25H,4-6,10H2,1-3H3. The minimum Gasteiger partial charge on any atom is -0.318 e. The number of hydrogen-bond donors (Lipinski definition) is 1. The third kappa shape index (κ3) is 4.12. The lowest BCUT2D eigenvalue weighted by molar-refractivity contribution is -0.114. The van der Waals surface area contributed by atoms with Gasteiger partial charge in [-0.25, -0.2) is 4.39 Å². The largest absolute Gasteiger partial charge is 0.318 e. The summed E-state index contributed by atoms with van der Waals surface area (Å²) < 4.78 is 15.6. The lowest BCUT2D eigenvalue weighted by Gasteiger charge is -2.20. The molecule has 0 fully saturated rings. The van der Waals surface area contributed by atoms with Crippen LogP contribution >= 0.6 is 11.8 Å². The van der Waals surface area contributed by atoms with Gasteiger partial charge < -0.3 is 4.57 Å². The van der Waals surface area contributed by atoms with E-state index in [1.165, 1.54) is 28.9 Å². The zero-order valence-electron chi connectivity index (χ0n) is 17.8. The molecule has 2 aliphatic heterocycles. The highest BCUT2D eigenvalue weighted by atomic mass is 32.2. The van der Waals surface area contributed by atoms with Crippen LogP contribution in [0.3, 0.4) is 0 Å². The Morgan fingerprint density at radius 2 is 2.03 bits per heavy atom. The van der Waals surface area contributed by atoms with Gasteiger partial charge in [0.05, 0.1) is 5.57 Å². The van der Waals surface area contributed by atoms with Gasteiger partial charge in [-0.15, -0.1) is 0 Å². The molecule has 3 heterocycles. The number of rotatable bonds is 6. The predicted molar refractivity (Wildman–Crippen MR) is 124 cm³/mol. The Kier molecular flexibility index (Phi) is 5.91. The van der Waals surface area contributed by atoms with Gasteiger partial charge in [0.2, 0.25) is 5.17 Å². The molecule has 8 heteroatoms. The highest BCUT2D eigenvalue weighted by Crippen LogP contribution is 2.31. The Morgan fingerprint density at radius 3 is 2.77 bits per heavy atom. The fourth-order valence-electron chi connectivity index (χ4n) is 3.76. The number of aliphatic imine (C=N–C) groups is 1. The maximum Gasteiger partial charge on any atom is 0.283 e. The summed E-state index contributed by atoms with van der Waals surface area (Å²) in [6.45, 7) is 5.98. The Morgan fingerprint density at radius 1 is 1.23 bits per heavy atom. The van der Waals surface area contributed by atoms with E-state index in [1.54, 1.807) is 12.1 Å². The van der Waals surface area contributed by atoms with Crippen LogP contribution in [-0.4, -0.2) is 31.5 Å². The third-order valence-corrected chi connectivity index (χ3v) is 6.30. The zero-order valence-corrected chi connectivity index (χ0v) is 18.6. The van der Waals surface area contributed by atoms with E-state index in [1.807, 2.05) is 30.5 Å². The van der Waals surface area contributed by atoms with Gasteiger partial charge in [0.15, 0.2) is 5.84 Å². The molecule has 1 amide bonds. The summed E-state index contributed by atoms with van der Waals surface area (Å²) in [5, 5.41) is 15.9. The van der Waals surface area contributed by atoms with Crippen LogP contribution in [-0.2, 0) is 4.79 Å². The molecule has 0 spiro atoms. The molecule has 1 aromatic heterocycles. The second-order valence-corrected chi connectivity index (χ2v) is 8.65. The van der Waals surface area contributed by atoms with E-state index in [0.717, 1.165) is 47.7 Å². The number of carbonyl (C=O) groups is 1. The molecule has 1 aromatic carbocycles. The topological polar surface area (TPSA) is 73.8 Å². The second kappa shape index (κ2) is 8.63. The number of unbranched alkanes of at least 4 members (excludes halogenated alkanes) is 2. The van der Waals surface area contributed by atoms with Gasteiger partial charge in [0.1, 0.15) is 10.9 Å². The molecule has 4 rings (SSSR count). The summed E-state index contributed by atoms with van der Waals surface area (Å²) in [6, 6.07) is 8.30. The first kappa shape index (κ1) is 21.2. The molecule has 0 bridgehead atoms. The average molecular weight is 438 g/mol. The Labute approximate surface area is 185 Å². The van der Waals surface area contributed by atoms with E-state index < -0.39 is 5.91 Å². The number of hydrogen-bond acceptors (Lipinski definition) is 4. The first-order chi connectivity index (χ1) is 14.9. The molecule has 0 unspecified atom stereocenters. The number of hydrazone groups is 1. The van der Waals surface area contributed by atoms with Gasteiger partial charge in [-0.2, -0.15) is 15.1 Å². The molecular weight excluding hydrogens is 413 g/mol. The summed E-state index contributed by atoms with van der Waals surface area (Å²) in [5.74, 6) is -0.719. The maximum atomic E-state index is 13.7. The first-order valence-corrected chi connectivity index (χ1v) is 11.1. The summed E-state index contributed by atoms with van der Waals surface area (Å²) in [6.07, 6.45) is 5.77. The van der Waals surface area contributed by atoms with Crippen molar-refractivity contribution in [3.63, 3.8) is 0 Å². The summed E-state index contributed by atoms with van der Waals surface area (Å²) in [5.41, 5.74) is 3.45. The van der Waals surface area contributed by atoms with Crippen LogP contribution in [0.2, 0.25) is 0 Å². The van der Waals surface area contributed by atoms with Gasteiger partial charge in [0, 0.05) is 17.1 Å². The van der Waals surface area contributed by atoms with Crippen molar-refractivity contribution in [1.29, 1.82) is 5.41 Å². The number of nitrogens with zero attached hydrogens (tertiary/aromatic N) is 4. The van der Waals surface area contributed by atoms with E-state index in [9.17, 15) is 9.18 Å². The van der Waals surface area contributed by atoms with Crippen LogP contribution < -0.4 is 0 Å². The molecule has 0 radical (unpaired) electrons. The molecule has 2 aliphatic rings. The molecule has 1 N–H and O–H groups in total. The van der Waals surface area contributed by atoms with Gasteiger partial charge in [-0.05, 0) is 74.4 Å². The number of amidine groups is 2. The van der Waals surface area contributed by atoms with Crippen molar-refractivity contribution in [3.05, 3.63) is 58.7 Å². The van der Waals surface area contributed by atoms with Crippen LogP contribution in [0.25, 0.3) is 11.8 Å². The van der Waals surface area contributed by atoms with E-state index in [-0.39, 0.29) is 17.2 Å². The zero-order chi connectivity index (χ0) is 22.1. The lowest BCUT2D eigenvalue weighted by Crippen LogP contribution is -2.35. The number of thioether (sulfide) groups is 1. The lowest BCUT2D eigenvalue weighted by atomic mass is 10.1. The number of aryl methyl sites for hydroxylation is 1. The fraction of sp³-hybridized carbons (Fsp3) is 0.304. The van der Waals surface area contributed by atoms with E-state index in [0.29, 0.717) is 10.9 Å². The van der Waals surface area contributed by atoms with Crippen LogP contribution in [0.5, 0.6) is 0 Å². The Hall–Kier alpha value is -3.00. The van der Waals surface area contributed by atoms with E-state index in [4.69, 9.17) is 5.41 Å². The number of carbonyl (C=O) groups excluding carboxylic acids is 1. The minimum atomic E-state index is -0.440. The van der Waals surface area contributed by atoms with Gasteiger partial charge in [-0.3, -0.25) is 10.2 Å². The number of benzene rings is 1. The first-order valence-electron chi connectivity index (χ1n) is 10.3. The van der Waals surface area contributed by atoms with Crippen LogP contribution in [0.1, 0.15) is 49.6 Å². The van der Waals surface area contributed by atoms with Crippen molar-refractivity contribution >= 4 is 39.8 Å². The van der Waals surface area contributed by atoms with Crippen molar-refractivity contribution in [2.75, 3.05) is 0 Å². The summed E-state index contributed by atoms with van der Waals surface area (Å²) in [4.78, 5) is 16.9. The van der Waals surface area contributed by atoms with Crippen molar-refractivity contribution in [2.45, 2.75) is 46.5 Å². The van der Waals surface area contributed by atoms with Gasteiger partial charge >= 0.3 is 0 Å². The van der Waals surface area contributed by atoms with Crippen LogP contribution in [0, 0.1) is 25.1 Å². The number of halogens is 1. The molecule has 0 atom stereocenters. The molecular formula is C23H24FN5OS. The molecule has 0 saturated heterocycles. The molecule has 0 aliphatic carbocycles. The molecule has 6 nitrogen and oxygen atoms in total. The maximum absolute atomic E-state index is 13.7. The van der Waals surface area contributed by atoms with Crippen LogP contribution in [0.4, 0.5) is 4.39 Å². The molecule has 2 aromatic rings. The summed E-state index contributed by atoms with van der Waals surface area (Å²) >= 11 is 1.37. The highest BCUT2D eigenvalue weighted by molar-refractivity contribution is 8.26. The molecule has 31 heavy (non-hydrogen) atoms. The predicted octanol–water partition coefficient (Wildman–Crippen LogP) is 5.43. The van der Waals surface area contributed by atoms with E-state index in [2.05, 4.69) is 17.0 Å². The Balaban J connectivity index is 1.65. The normalized spacial score (nSPS) is 17.3. The van der Waals surface area contributed by atoms with Crippen molar-refractivity contribution < 1.29 is 9.18 Å². The SMILES string of the molecule is CCCCCC1=NN2C(=N)C(=Cc3cc(C)n(-c4cccc(F)c4)c3C)C(=O)N=C2S1. The summed E-state index contributed by atoms with van der Waals surface area (Å²) in [7, 11) is 0. The van der Waals surface area contributed by atoms with E-state index >= 15 is 0 Å². The number of amides is 1. The number of aromatic nitrogens is 1. The third-order valence-electron chi connectivity index (χ3n) is 5.33. The van der Waals surface area contributed by atoms with Crippen LogP contribution in [0.15, 0.2) is 46.0 Å². The molecule has 160 valence electrons. The van der Waals surface area contributed by atoms with Crippen molar-refractivity contribution in [3.8, 4) is 5.69 Å². The van der Waals surface area contributed by atoms with Gasteiger partial charge in [-0.1, -0.05) is 25.8 Å². The quantitative estimate of drug-likeness (QED) is 0.483. The highest BCUT2D eigenvalue weighted by Gasteiger charge is 2.35. The number of nitrogens with one attached hydrogen (secondary N) is 1.